The summed E-state index contributed by atoms with van der Waals surface area (Å²) in [6, 6.07) is 7.26. The van der Waals surface area contributed by atoms with Crippen molar-refractivity contribution in [2.24, 2.45) is 0 Å². The fourth-order valence-electron chi connectivity index (χ4n) is 2.25. The lowest BCUT2D eigenvalue weighted by molar-refractivity contribution is -0.124. The molecule has 1 aromatic rings. The van der Waals surface area contributed by atoms with Gasteiger partial charge in [0, 0.05) is 24.2 Å². The van der Waals surface area contributed by atoms with Crippen molar-refractivity contribution >= 4 is 17.5 Å². The molecule has 1 N–H and O–H groups in total. The zero-order chi connectivity index (χ0) is 15.5. The number of rotatable bonds is 4. The van der Waals surface area contributed by atoms with Gasteiger partial charge in [-0.25, -0.2) is 0 Å². The molecule has 1 fully saturated rings. The lowest BCUT2D eigenvalue weighted by atomic mass is 10.1. The Morgan fingerprint density at radius 1 is 1.29 bits per heavy atom. The quantitative estimate of drug-likeness (QED) is 0.924. The molecule has 2 amide bonds. The summed E-state index contributed by atoms with van der Waals surface area (Å²) in [7, 11) is 0. The van der Waals surface area contributed by atoms with E-state index in [4.69, 9.17) is 4.74 Å². The Bertz CT molecular complexity index is 517. The number of ether oxygens (including phenoxy) is 1. The first-order valence-electron chi connectivity index (χ1n) is 7.19. The minimum Gasteiger partial charge on any atom is -0.484 e. The van der Waals surface area contributed by atoms with Crippen molar-refractivity contribution in [1.82, 2.24) is 5.32 Å². The summed E-state index contributed by atoms with van der Waals surface area (Å²) in [5, 5.41) is 2.83. The molecule has 0 unspecified atom stereocenters. The molecule has 1 aliphatic rings. The molecular formula is C16H22N2O3. The topological polar surface area (TPSA) is 58.6 Å². The normalized spacial score (nSPS) is 15.2. The molecule has 5 nitrogen and oxygen atoms in total. The van der Waals surface area contributed by atoms with Crippen molar-refractivity contribution in [2.75, 3.05) is 18.1 Å². The maximum Gasteiger partial charge on any atom is 0.258 e. The number of amides is 2. The minimum absolute atomic E-state index is 0.0146. The Labute approximate surface area is 125 Å². The maximum absolute atomic E-state index is 11.7. The van der Waals surface area contributed by atoms with Crippen molar-refractivity contribution in [3.05, 3.63) is 24.3 Å². The number of benzene rings is 1. The van der Waals surface area contributed by atoms with E-state index in [1.807, 2.05) is 32.9 Å². The summed E-state index contributed by atoms with van der Waals surface area (Å²) in [6.07, 6.45) is 1.52. The van der Waals surface area contributed by atoms with E-state index < -0.39 is 0 Å². The van der Waals surface area contributed by atoms with Crippen molar-refractivity contribution in [3.8, 4) is 5.75 Å². The second kappa shape index (κ2) is 6.16. The third-order valence-corrected chi connectivity index (χ3v) is 3.11. The van der Waals surface area contributed by atoms with Crippen LogP contribution in [0.25, 0.3) is 0 Å². The van der Waals surface area contributed by atoms with E-state index in [1.165, 1.54) is 0 Å². The Hall–Kier alpha value is -2.04. The number of anilines is 1. The number of hydrogen-bond acceptors (Lipinski definition) is 3. The monoisotopic (exact) mass is 290 g/mol. The van der Waals surface area contributed by atoms with Crippen LogP contribution < -0.4 is 15.0 Å². The minimum atomic E-state index is -0.263. The molecule has 5 heteroatoms. The van der Waals surface area contributed by atoms with E-state index >= 15 is 0 Å². The van der Waals surface area contributed by atoms with Crippen LogP contribution in [0, 0.1) is 0 Å². The number of nitrogens with zero attached hydrogens (tertiary/aromatic N) is 1. The molecule has 1 saturated heterocycles. The number of carbonyl (C=O) groups excluding carboxylic acids is 2. The zero-order valence-corrected chi connectivity index (χ0v) is 12.8. The van der Waals surface area contributed by atoms with Gasteiger partial charge in [-0.05, 0) is 51.5 Å². The molecule has 114 valence electrons. The van der Waals surface area contributed by atoms with Crippen molar-refractivity contribution < 1.29 is 14.3 Å². The standard InChI is InChI=1S/C16H22N2O3/c1-16(2,3)17-14(19)11-21-13-8-6-12(7-9-13)18-10-4-5-15(18)20/h6-9H,4-5,10-11H2,1-3H3,(H,17,19). The van der Waals surface area contributed by atoms with Gasteiger partial charge in [-0.3, -0.25) is 9.59 Å². The summed E-state index contributed by atoms with van der Waals surface area (Å²) in [5.41, 5.74) is 0.615. The number of nitrogens with one attached hydrogen (secondary N) is 1. The molecule has 2 rings (SSSR count). The summed E-state index contributed by atoms with van der Waals surface area (Å²) in [4.78, 5) is 25.1. The highest BCUT2D eigenvalue weighted by Crippen LogP contribution is 2.23. The number of carbonyl (C=O) groups is 2. The average Bonchev–Trinajstić information content (AvgIpc) is 2.81. The summed E-state index contributed by atoms with van der Waals surface area (Å²) >= 11 is 0. The van der Waals surface area contributed by atoms with E-state index in [2.05, 4.69) is 5.32 Å². The van der Waals surface area contributed by atoms with E-state index in [9.17, 15) is 9.59 Å². The van der Waals surface area contributed by atoms with E-state index in [1.54, 1.807) is 17.0 Å². The molecule has 0 saturated carbocycles. The van der Waals surface area contributed by atoms with Gasteiger partial charge in [0.15, 0.2) is 6.61 Å². The van der Waals surface area contributed by atoms with E-state index in [-0.39, 0.29) is 24.0 Å². The van der Waals surface area contributed by atoms with Gasteiger partial charge in [0.05, 0.1) is 0 Å². The molecule has 0 aliphatic carbocycles. The molecule has 0 aromatic heterocycles. The highest BCUT2D eigenvalue weighted by Gasteiger charge is 2.21. The Morgan fingerprint density at radius 3 is 2.48 bits per heavy atom. The van der Waals surface area contributed by atoms with Crippen LogP contribution in [-0.4, -0.2) is 30.5 Å². The summed E-state index contributed by atoms with van der Waals surface area (Å²) < 4.78 is 5.44. The maximum atomic E-state index is 11.7. The van der Waals surface area contributed by atoms with Crippen LogP contribution in [0.4, 0.5) is 5.69 Å². The Morgan fingerprint density at radius 2 is 1.95 bits per heavy atom. The molecule has 1 aromatic carbocycles. The lowest BCUT2D eigenvalue weighted by Gasteiger charge is -2.20. The predicted molar refractivity (Wildman–Crippen MR) is 81.4 cm³/mol. The third kappa shape index (κ3) is 4.48. The first kappa shape index (κ1) is 15.4. The van der Waals surface area contributed by atoms with Gasteiger partial charge < -0.3 is 15.0 Å². The fourth-order valence-corrected chi connectivity index (χ4v) is 2.25. The molecule has 0 radical (unpaired) electrons. The van der Waals surface area contributed by atoms with Gasteiger partial charge in [0.1, 0.15) is 5.75 Å². The van der Waals surface area contributed by atoms with Crippen LogP contribution in [0.15, 0.2) is 24.3 Å². The molecule has 0 atom stereocenters. The Balaban J connectivity index is 1.88. The molecule has 21 heavy (non-hydrogen) atoms. The van der Waals surface area contributed by atoms with Crippen LogP contribution in [-0.2, 0) is 9.59 Å². The smallest absolute Gasteiger partial charge is 0.258 e. The lowest BCUT2D eigenvalue weighted by Crippen LogP contribution is -2.43. The van der Waals surface area contributed by atoms with Gasteiger partial charge in [0.2, 0.25) is 5.91 Å². The van der Waals surface area contributed by atoms with Crippen LogP contribution in [0.2, 0.25) is 0 Å². The summed E-state index contributed by atoms with van der Waals surface area (Å²) in [6.45, 7) is 6.53. The van der Waals surface area contributed by atoms with Gasteiger partial charge in [-0.2, -0.15) is 0 Å². The van der Waals surface area contributed by atoms with Crippen LogP contribution >= 0.6 is 0 Å². The highest BCUT2D eigenvalue weighted by molar-refractivity contribution is 5.95. The first-order chi connectivity index (χ1) is 9.85. The predicted octanol–water partition coefficient (Wildman–Crippen LogP) is 2.11. The van der Waals surface area contributed by atoms with Crippen molar-refractivity contribution in [2.45, 2.75) is 39.2 Å². The van der Waals surface area contributed by atoms with Crippen LogP contribution in [0.3, 0.4) is 0 Å². The molecular weight excluding hydrogens is 268 g/mol. The zero-order valence-electron chi connectivity index (χ0n) is 12.8. The first-order valence-corrected chi connectivity index (χ1v) is 7.19. The van der Waals surface area contributed by atoms with Crippen LogP contribution in [0.5, 0.6) is 5.75 Å². The third-order valence-electron chi connectivity index (χ3n) is 3.11. The molecule has 0 bridgehead atoms. The highest BCUT2D eigenvalue weighted by atomic mass is 16.5. The largest absolute Gasteiger partial charge is 0.484 e. The SMILES string of the molecule is CC(C)(C)NC(=O)COc1ccc(N2CCCC2=O)cc1. The van der Waals surface area contributed by atoms with Crippen molar-refractivity contribution in [3.63, 3.8) is 0 Å². The summed E-state index contributed by atoms with van der Waals surface area (Å²) in [5.74, 6) is 0.629. The Kier molecular flexibility index (Phi) is 4.50. The van der Waals surface area contributed by atoms with E-state index in [0.717, 1.165) is 18.7 Å². The van der Waals surface area contributed by atoms with Gasteiger partial charge in [0.25, 0.3) is 5.91 Å². The van der Waals surface area contributed by atoms with Gasteiger partial charge in [-0.1, -0.05) is 0 Å². The molecule has 1 heterocycles. The van der Waals surface area contributed by atoms with Crippen molar-refractivity contribution in [1.29, 1.82) is 0 Å². The average molecular weight is 290 g/mol. The fraction of sp³-hybridized carbons (Fsp3) is 0.500. The van der Waals surface area contributed by atoms with Gasteiger partial charge in [-0.15, -0.1) is 0 Å². The molecule has 1 aliphatic heterocycles. The van der Waals surface area contributed by atoms with E-state index in [0.29, 0.717) is 12.2 Å². The number of hydrogen-bond donors (Lipinski definition) is 1. The second-order valence-electron chi connectivity index (χ2n) is 6.23. The second-order valence-corrected chi connectivity index (χ2v) is 6.23. The van der Waals surface area contributed by atoms with Crippen LogP contribution in [0.1, 0.15) is 33.6 Å². The molecule has 0 spiro atoms. The van der Waals surface area contributed by atoms with Gasteiger partial charge >= 0.3 is 0 Å².